The van der Waals surface area contributed by atoms with Gasteiger partial charge >= 0.3 is 0 Å². The molecule has 0 aliphatic heterocycles. The van der Waals surface area contributed by atoms with E-state index in [2.05, 4.69) is 55.1 Å². The molecule has 46 heavy (non-hydrogen) atoms. The smallest absolute Gasteiger partial charge is 0.247 e. The highest BCUT2D eigenvalue weighted by molar-refractivity contribution is 5.98. The van der Waals surface area contributed by atoms with Gasteiger partial charge in [0.1, 0.15) is 12.6 Å². The van der Waals surface area contributed by atoms with Crippen molar-refractivity contribution in [2.45, 2.75) is 44.8 Å². The van der Waals surface area contributed by atoms with Gasteiger partial charge in [0, 0.05) is 42.3 Å². The maximum Gasteiger partial charge on any atom is 0.247 e. The topological polar surface area (TPSA) is 148 Å². The monoisotopic (exact) mass is 617 g/mol. The largest absolute Gasteiger partial charge is 0.377 e. The van der Waals surface area contributed by atoms with Crippen molar-refractivity contribution >= 4 is 28.4 Å². The van der Waals surface area contributed by atoms with Crippen LogP contribution in [0.1, 0.15) is 37.1 Å². The number of amides is 2. The zero-order chi connectivity index (χ0) is 31.9. The Bertz CT molecular complexity index is 1790. The molecule has 1 atom stereocenters. The first-order valence-electron chi connectivity index (χ1n) is 15.8. The molecule has 2 heterocycles. The van der Waals surface area contributed by atoms with Crippen molar-refractivity contribution in [2.24, 2.45) is 17.6 Å². The summed E-state index contributed by atoms with van der Waals surface area (Å²) < 4.78 is 5.11. The average Bonchev–Trinajstić information content (AvgIpc) is 3.57. The maximum atomic E-state index is 13.8. The lowest BCUT2D eigenvalue weighted by Crippen LogP contribution is -2.48. The van der Waals surface area contributed by atoms with Crippen LogP contribution in [0.3, 0.4) is 0 Å². The Morgan fingerprint density at radius 2 is 1.78 bits per heavy atom. The van der Waals surface area contributed by atoms with Crippen molar-refractivity contribution in [1.29, 1.82) is 0 Å². The first-order valence-corrected chi connectivity index (χ1v) is 15.8. The van der Waals surface area contributed by atoms with Crippen molar-refractivity contribution in [3.63, 3.8) is 0 Å². The van der Waals surface area contributed by atoms with Gasteiger partial charge in [-0.3, -0.25) is 19.7 Å². The summed E-state index contributed by atoms with van der Waals surface area (Å²) in [6.45, 7) is 0.983. The van der Waals surface area contributed by atoms with Crippen LogP contribution in [0.15, 0.2) is 85.1 Å². The second-order valence-electron chi connectivity index (χ2n) is 11.9. The third-order valence-electron chi connectivity index (χ3n) is 8.73. The summed E-state index contributed by atoms with van der Waals surface area (Å²) in [6, 6.07) is 24.7. The lowest BCUT2D eigenvalue weighted by molar-refractivity contribution is -0.130. The number of ether oxygens (including phenoxy) is 1. The zero-order valence-corrected chi connectivity index (χ0v) is 25.9. The molecule has 3 aromatic carbocycles. The van der Waals surface area contributed by atoms with E-state index in [1.165, 1.54) is 0 Å². The molecular weight excluding hydrogens is 578 g/mol. The van der Waals surface area contributed by atoms with Crippen LogP contribution >= 0.6 is 0 Å². The fourth-order valence-corrected chi connectivity index (χ4v) is 6.17. The maximum absolute atomic E-state index is 13.8. The Kier molecular flexibility index (Phi) is 9.76. The highest BCUT2D eigenvalue weighted by atomic mass is 16.5. The van der Waals surface area contributed by atoms with E-state index < -0.39 is 6.04 Å². The number of carbonyl (C=O) groups is 2. The van der Waals surface area contributed by atoms with E-state index in [0.29, 0.717) is 42.8 Å². The number of rotatable bonds is 11. The highest BCUT2D eigenvalue weighted by Gasteiger charge is 2.29. The van der Waals surface area contributed by atoms with Crippen LogP contribution in [-0.2, 0) is 27.4 Å². The number of fused-ring (bicyclic) bond motifs is 1. The predicted molar refractivity (Wildman–Crippen MR) is 178 cm³/mol. The molecular formula is C36H39N7O3. The molecule has 5 N–H and O–H groups in total. The molecule has 236 valence electrons. The zero-order valence-electron chi connectivity index (χ0n) is 25.9. The molecule has 0 spiro atoms. The molecule has 1 fully saturated rings. The van der Waals surface area contributed by atoms with E-state index >= 15 is 0 Å². The van der Waals surface area contributed by atoms with Crippen LogP contribution in [-0.4, -0.2) is 51.7 Å². The molecule has 5 aromatic rings. The molecule has 2 aromatic heterocycles. The first kappa shape index (κ1) is 31.1. The van der Waals surface area contributed by atoms with E-state index in [9.17, 15) is 9.59 Å². The highest BCUT2D eigenvalue weighted by Crippen LogP contribution is 2.30. The Morgan fingerprint density at radius 1 is 0.978 bits per heavy atom. The van der Waals surface area contributed by atoms with E-state index in [0.717, 1.165) is 58.8 Å². The van der Waals surface area contributed by atoms with Crippen molar-refractivity contribution in [3.8, 4) is 22.5 Å². The van der Waals surface area contributed by atoms with Crippen molar-refractivity contribution in [1.82, 2.24) is 25.5 Å². The van der Waals surface area contributed by atoms with E-state index in [1.807, 2.05) is 54.6 Å². The summed E-state index contributed by atoms with van der Waals surface area (Å²) in [6.07, 6.45) is 5.54. The molecule has 0 saturated heterocycles. The number of aromatic nitrogens is 4. The molecule has 6 rings (SSSR count). The van der Waals surface area contributed by atoms with Crippen LogP contribution < -0.4 is 16.4 Å². The Balaban J connectivity index is 1.21. The normalized spacial score (nSPS) is 17.0. The minimum atomic E-state index is -0.770. The minimum Gasteiger partial charge on any atom is -0.377 e. The SMILES string of the molecule is COCc1nc(-c2ccc(NC(=O)[C@H](Cc3cccc(-c4cccc5ncccc45)c3)NC(=O)C3CCC(CN)CC3)cc2)n[nH]1. The second-order valence-corrected chi connectivity index (χ2v) is 11.9. The minimum absolute atomic E-state index is 0.0845. The van der Waals surface area contributed by atoms with E-state index in [1.54, 1.807) is 13.3 Å². The van der Waals surface area contributed by atoms with E-state index in [-0.39, 0.29) is 17.7 Å². The van der Waals surface area contributed by atoms with Crippen LogP contribution in [0.4, 0.5) is 5.69 Å². The molecule has 1 aliphatic rings. The average molecular weight is 618 g/mol. The summed E-state index contributed by atoms with van der Waals surface area (Å²) in [4.78, 5) is 36.2. The van der Waals surface area contributed by atoms with Gasteiger partial charge in [-0.1, -0.05) is 42.5 Å². The van der Waals surface area contributed by atoms with Gasteiger partial charge in [-0.05, 0) is 91.2 Å². The van der Waals surface area contributed by atoms with Gasteiger partial charge in [-0.25, -0.2) is 4.98 Å². The van der Waals surface area contributed by atoms with Crippen molar-refractivity contribution in [3.05, 3.63) is 96.4 Å². The number of anilines is 1. The predicted octanol–water partition coefficient (Wildman–Crippen LogP) is 5.26. The summed E-state index contributed by atoms with van der Waals surface area (Å²) in [7, 11) is 1.60. The lowest BCUT2D eigenvalue weighted by atomic mass is 9.81. The number of H-pyrrole nitrogens is 1. The van der Waals surface area contributed by atoms with Gasteiger partial charge in [-0.15, -0.1) is 0 Å². The molecule has 10 nitrogen and oxygen atoms in total. The lowest BCUT2D eigenvalue weighted by Gasteiger charge is -2.28. The molecule has 10 heteroatoms. The third-order valence-corrected chi connectivity index (χ3v) is 8.73. The number of pyridine rings is 1. The second kappa shape index (κ2) is 14.4. The first-order chi connectivity index (χ1) is 22.5. The summed E-state index contributed by atoms with van der Waals surface area (Å²) in [5.74, 6) is 1.14. The van der Waals surface area contributed by atoms with Gasteiger partial charge < -0.3 is 21.1 Å². The fourth-order valence-electron chi connectivity index (χ4n) is 6.17. The molecule has 0 radical (unpaired) electrons. The quantitative estimate of drug-likeness (QED) is 0.158. The number of nitrogens with zero attached hydrogens (tertiary/aromatic N) is 3. The van der Waals surface area contributed by atoms with Gasteiger partial charge in [0.15, 0.2) is 11.6 Å². The number of methoxy groups -OCH3 is 1. The molecule has 1 aliphatic carbocycles. The summed E-state index contributed by atoms with van der Waals surface area (Å²) >= 11 is 0. The van der Waals surface area contributed by atoms with Crippen LogP contribution in [0, 0.1) is 11.8 Å². The third kappa shape index (κ3) is 7.30. The van der Waals surface area contributed by atoms with Crippen LogP contribution in [0.5, 0.6) is 0 Å². The van der Waals surface area contributed by atoms with Gasteiger partial charge in [-0.2, -0.15) is 5.10 Å². The van der Waals surface area contributed by atoms with Gasteiger partial charge in [0.05, 0.1) is 5.52 Å². The molecule has 0 unspecified atom stereocenters. The fraction of sp³-hybridized carbons (Fsp3) is 0.306. The summed E-state index contributed by atoms with van der Waals surface area (Å²) in [5, 5.41) is 14.3. The Hall–Kier alpha value is -4.93. The number of hydrogen-bond donors (Lipinski definition) is 4. The number of nitrogens with one attached hydrogen (secondary N) is 3. The van der Waals surface area contributed by atoms with Crippen molar-refractivity contribution in [2.75, 3.05) is 19.0 Å². The number of hydrogen-bond acceptors (Lipinski definition) is 7. The molecule has 1 saturated carbocycles. The van der Waals surface area contributed by atoms with E-state index in [4.69, 9.17) is 10.5 Å². The Morgan fingerprint density at radius 3 is 2.57 bits per heavy atom. The van der Waals surface area contributed by atoms with Gasteiger partial charge in [0.25, 0.3) is 0 Å². The van der Waals surface area contributed by atoms with Crippen molar-refractivity contribution < 1.29 is 14.3 Å². The van der Waals surface area contributed by atoms with Gasteiger partial charge in [0.2, 0.25) is 11.8 Å². The number of nitrogens with two attached hydrogens (primary N) is 1. The van der Waals surface area contributed by atoms with Crippen LogP contribution in [0.2, 0.25) is 0 Å². The van der Waals surface area contributed by atoms with Crippen LogP contribution in [0.25, 0.3) is 33.4 Å². The number of aromatic amines is 1. The standard InChI is InChI=1S/C36H39N7O3/c1-46-22-33-41-34(43-42-33)25-14-16-28(17-15-25)39-36(45)32(40-35(44)26-12-10-23(21-37)11-13-26)20-24-5-2-6-27(19-24)29-7-3-9-31-30(29)8-4-18-38-31/h2-9,14-19,23,26,32H,10-13,20-22,37H2,1H3,(H,39,45)(H,40,44)(H,41,42,43)/t23?,26?,32-/m0/s1. The summed E-state index contributed by atoms with van der Waals surface area (Å²) in [5.41, 5.74) is 11.2. The number of carbonyl (C=O) groups excluding carboxylic acids is 2. The molecule has 0 bridgehead atoms. The number of benzene rings is 3. The molecule has 2 amide bonds. The Labute approximate surface area is 268 Å².